The van der Waals surface area contributed by atoms with Gasteiger partial charge >= 0.3 is 6.18 Å². The quantitative estimate of drug-likeness (QED) is 0.828. The number of nitrogens with one attached hydrogen (secondary N) is 2. The van der Waals surface area contributed by atoms with Crippen LogP contribution in [0.2, 0.25) is 5.02 Å². The fourth-order valence-corrected chi connectivity index (χ4v) is 1.78. The molecule has 118 valence electrons. The lowest BCUT2D eigenvalue weighted by Crippen LogP contribution is -2.32. The van der Waals surface area contributed by atoms with E-state index in [0.717, 1.165) is 18.6 Å². The zero-order chi connectivity index (χ0) is 16.0. The van der Waals surface area contributed by atoms with Crippen LogP contribution in [-0.2, 0) is 11.0 Å². The average molecular weight is 323 g/mol. The molecule has 0 heterocycles. The van der Waals surface area contributed by atoms with E-state index >= 15 is 0 Å². The van der Waals surface area contributed by atoms with Crippen LogP contribution in [0.25, 0.3) is 0 Å². The molecule has 0 spiro atoms. The first-order valence-electron chi connectivity index (χ1n) is 6.64. The highest BCUT2D eigenvalue weighted by atomic mass is 35.5. The number of hydrogen-bond donors (Lipinski definition) is 2. The lowest BCUT2D eigenvalue weighted by molar-refractivity contribution is -0.137. The highest BCUT2D eigenvalue weighted by Crippen LogP contribution is 2.33. The highest BCUT2D eigenvalue weighted by molar-refractivity contribution is 6.33. The summed E-state index contributed by atoms with van der Waals surface area (Å²) >= 11 is 5.84. The van der Waals surface area contributed by atoms with E-state index in [4.69, 9.17) is 11.6 Å². The van der Waals surface area contributed by atoms with Gasteiger partial charge in [-0.25, -0.2) is 0 Å². The summed E-state index contributed by atoms with van der Waals surface area (Å²) < 4.78 is 37.8. The topological polar surface area (TPSA) is 41.1 Å². The van der Waals surface area contributed by atoms with Gasteiger partial charge in [-0.05, 0) is 31.5 Å². The first-order chi connectivity index (χ1) is 9.74. The molecule has 0 saturated carbocycles. The summed E-state index contributed by atoms with van der Waals surface area (Å²) in [4.78, 5) is 11.5. The maximum absolute atomic E-state index is 12.6. The largest absolute Gasteiger partial charge is 0.416 e. The van der Waals surface area contributed by atoms with Gasteiger partial charge in [-0.15, -0.1) is 0 Å². The van der Waals surface area contributed by atoms with E-state index in [9.17, 15) is 18.0 Å². The molecule has 21 heavy (non-hydrogen) atoms. The fraction of sp³-hybridized carbons (Fsp3) is 0.500. The van der Waals surface area contributed by atoms with Gasteiger partial charge in [0.05, 0.1) is 16.3 Å². The molecule has 2 N–H and O–H groups in total. The lowest BCUT2D eigenvalue weighted by atomic mass is 10.2. The Bertz CT molecular complexity index is 492. The van der Waals surface area contributed by atoms with E-state index in [1.807, 2.05) is 13.8 Å². The standard InChI is InChI=1S/C14H18ClF3N2O/c1-3-9(2)20-13(21)6-7-19-12-8-10(14(16,17)18)4-5-11(12)15/h4-5,8-9,19H,3,6-7H2,1-2H3,(H,20,21). The van der Waals surface area contributed by atoms with Gasteiger partial charge in [0.1, 0.15) is 0 Å². The molecule has 1 amide bonds. The summed E-state index contributed by atoms with van der Waals surface area (Å²) in [6.45, 7) is 4.05. The van der Waals surface area contributed by atoms with Crippen LogP contribution in [0.5, 0.6) is 0 Å². The molecule has 0 aliphatic carbocycles. The van der Waals surface area contributed by atoms with Crippen LogP contribution in [0, 0.1) is 0 Å². The number of carbonyl (C=O) groups is 1. The number of benzene rings is 1. The second kappa shape index (κ2) is 7.54. The predicted molar refractivity (Wildman–Crippen MR) is 77.5 cm³/mol. The van der Waals surface area contributed by atoms with Gasteiger partial charge in [0.15, 0.2) is 0 Å². The van der Waals surface area contributed by atoms with Crippen LogP contribution < -0.4 is 10.6 Å². The van der Waals surface area contributed by atoms with Gasteiger partial charge in [-0.3, -0.25) is 4.79 Å². The number of hydrogen-bond acceptors (Lipinski definition) is 2. The van der Waals surface area contributed by atoms with Gasteiger partial charge in [0, 0.05) is 19.0 Å². The van der Waals surface area contributed by atoms with Crippen molar-refractivity contribution in [2.75, 3.05) is 11.9 Å². The van der Waals surface area contributed by atoms with E-state index in [0.29, 0.717) is 0 Å². The van der Waals surface area contributed by atoms with Gasteiger partial charge in [0.2, 0.25) is 5.91 Å². The van der Waals surface area contributed by atoms with Crippen LogP contribution >= 0.6 is 11.6 Å². The smallest absolute Gasteiger partial charge is 0.383 e. The van der Waals surface area contributed by atoms with E-state index in [2.05, 4.69) is 10.6 Å². The molecule has 3 nitrogen and oxygen atoms in total. The zero-order valence-electron chi connectivity index (χ0n) is 11.9. The van der Waals surface area contributed by atoms with E-state index in [-0.39, 0.29) is 35.6 Å². The van der Waals surface area contributed by atoms with Crippen molar-refractivity contribution in [2.24, 2.45) is 0 Å². The first-order valence-corrected chi connectivity index (χ1v) is 7.01. The van der Waals surface area contributed by atoms with Crippen molar-refractivity contribution >= 4 is 23.2 Å². The Morgan fingerprint density at radius 1 is 1.38 bits per heavy atom. The Labute approximate surface area is 126 Å². The maximum atomic E-state index is 12.6. The maximum Gasteiger partial charge on any atom is 0.416 e. The third kappa shape index (κ3) is 5.83. The molecule has 1 aromatic rings. The molecular weight excluding hydrogens is 305 g/mol. The number of alkyl halides is 3. The molecule has 0 bridgehead atoms. The van der Waals surface area contributed by atoms with Gasteiger partial charge in [-0.2, -0.15) is 13.2 Å². The van der Waals surface area contributed by atoms with E-state index in [1.54, 1.807) is 0 Å². The Kier molecular flexibility index (Phi) is 6.33. The third-order valence-electron chi connectivity index (χ3n) is 2.98. The normalized spacial score (nSPS) is 12.9. The molecular formula is C14H18ClF3N2O. The van der Waals surface area contributed by atoms with Crippen LogP contribution in [0.1, 0.15) is 32.3 Å². The molecule has 1 aromatic carbocycles. The van der Waals surface area contributed by atoms with Crippen molar-refractivity contribution in [3.8, 4) is 0 Å². The third-order valence-corrected chi connectivity index (χ3v) is 3.31. The average Bonchev–Trinajstić information content (AvgIpc) is 2.39. The SMILES string of the molecule is CCC(C)NC(=O)CCNc1cc(C(F)(F)F)ccc1Cl. The molecule has 1 unspecified atom stereocenters. The molecule has 1 rings (SSSR count). The van der Waals surface area contributed by atoms with Crippen molar-refractivity contribution < 1.29 is 18.0 Å². The molecule has 1 atom stereocenters. The minimum absolute atomic E-state index is 0.0784. The molecule has 0 aliphatic rings. The summed E-state index contributed by atoms with van der Waals surface area (Å²) in [7, 11) is 0. The Hall–Kier alpha value is -1.43. The molecule has 0 radical (unpaired) electrons. The minimum atomic E-state index is -4.42. The summed E-state index contributed by atoms with van der Waals surface area (Å²) in [6, 6.07) is 3.12. The number of rotatable bonds is 6. The number of halogens is 4. The number of amides is 1. The Morgan fingerprint density at radius 3 is 2.62 bits per heavy atom. The second-order valence-corrected chi connectivity index (χ2v) is 5.15. The van der Waals surface area contributed by atoms with E-state index in [1.165, 1.54) is 6.07 Å². The first kappa shape index (κ1) is 17.6. The zero-order valence-corrected chi connectivity index (χ0v) is 12.6. The molecule has 0 aliphatic heterocycles. The highest BCUT2D eigenvalue weighted by Gasteiger charge is 2.30. The predicted octanol–water partition coefficient (Wildman–Crippen LogP) is 4.08. The van der Waals surface area contributed by atoms with Crippen molar-refractivity contribution in [3.05, 3.63) is 28.8 Å². The van der Waals surface area contributed by atoms with Crippen molar-refractivity contribution in [3.63, 3.8) is 0 Å². The lowest BCUT2D eigenvalue weighted by Gasteiger charge is -2.14. The van der Waals surface area contributed by atoms with Crippen molar-refractivity contribution in [2.45, 2.75) is 38.9 Å². The fourth-order valence-electron chi connectivity index (χ4n) is 1.60. The monoisotopic (exact) mass is 322 g/mol. The van der Waals surface area contributed by atoms with Crippen LogP contribution in [0.3, 0.4) is 0 Å². The Balaban J connectivity index is 2.57. The molecule has 7 heteroatoms. The van der Waals surface area contributed by atoms with Crippen LogP contribution in [0.4, 0.5) is 18.9 Å². The Morgan fingerprint density at radius 2 is 2.05 bits per heavy atom. The van der Waals surface area contributed by atoms with Crippen LogP contribution in [0.15, 0.2) is 18.2 Å². The van der Waals surface area contributed by atoms with E-state index < -0.39 is 11.7 Å². The second-order valence-electron chi connectivity index (χ2n) is 4.75. The number of carbonyl (C=O) groups excluding carboxylic acids is 1. The van der Waals surface area contributed by atoms with Gasteiger partial charge < -0.3 is 10.6 Å². The van der Waals surface area contributed by atoms with Crippen LogP contribution in [-0.4, -0.2) is 18.5 Å². The molecule has 0 aromatic heterocycles. The van der Waals surface area contributed by atoms with Crippen molar-refractivity contribution in [1.29, 1.82) is 0 Å². The molecule has 0 fully saturated rings. The number of anilines is 1. The van der Waals surface area contributed by atoms with Gasteiger partial charge in [0.25, 0.3) is 0 Å². The summed E-state index contributed by atoms with van der Waals surface area (Å²) in [5.41, 5.74) is -0.610. The van der Waals surface area contributed by atoms with Crippen molar-refractivity contribution in [1.82, 2.24) is 5.32 Å². The summed E-state index contributed by atoms with van der Waals surface area (Å²) in [5, 5.41) is 5.71. The summed E-state index contributed by atoms with van der Waals surface area (Å²) in [5.74, 6) is -0.153. The molecule has 0 saturated heterocycles. The van der Waals surface area contributed by atoms with Gasteiger partial charge in [-0.1, -0.05) is 18.5 Å². The summed E-state index contributed by atoms with van der Waals surface area (Å²) in [6.07, 6.45) is -3.44. The minimum Gasteiger partial charge on any atom is -0.383 e.